The standard InChI is InChI=1S/C11H22N2OS/c1-5-10(7-14-4)13-11-12-8(2)6-9(3)15-11/h8-10H,5-7H2,1-4H3,(H,12,13). The van der Waals surface area contributed by atoms with E-state index < -0.39 is 0 Å². The molecule has 1 heterocycles. The molecule has 0 fully saturated rings. The Morgan fingerprint density at radius 2 is 2.33 bits per heavy atom. The SMILES string of the molecule is CCC(COC)NC1=NC(C)CC(C)S1. The van der Waals surface area contributed by atoms with E-state index in [-0.39, 0.29) is 0 Å². The van der Waals surface area contributed by atoms with Gasteiger partial charge in [-0.25, -0.2) is 0 Å². The van der Waals surface area contributed by atoms with E-state index in [2.05, 4.69) is 31.1 Å². The third kappa shape index (κ3) is 4.43. The van der Waals surface area contributed by atoms with E-state index in [1.165, 1.54) is 6.42 Å². The number of thioether (sulfide) groups is 1. The van der Waals surface area contributed by atoms with Crippen LogP contribution in [0.2, 0.25) is 0 Å². The second-order valence-electron chi connectivity index (χ2n) is 4.15. The van der Waals surface area contributed by atoms with Crippen LogP contribution in [-0.2, 0) is 4.74 Å². The molecule has 0 bridgehead atoms. The summed E-state index contributed by atoms with van der Waals surface area (Å²) < 4.78 is 5.16. The molecule has 0 aromatic carbocycles. The first-order chi connectivity index (χ1) is 7.15. The van der Waals surface area contributed by atoms with Crippen LogP contribution in [0.15, 0.2) is 4.99 Å². The highest BCUT2D eigenvalue weighted by Gasteiger charge is 2.19. The van der Waals surface area contributed by atoms with Gasteiger partial charge in [0.25, 0.3) is 0 Å². The number of amidine groups is 1. The number of rotatable bonds is 4. The Labute approximate surface area is 97.1 Å². The lowest BCUT2D eigenvalue weighted by molar-refractivity contribution is 0.172. The van der Waals surface area contributed by atoms with Crippen LogP contribution < -0.4 is 5.32 Å². The third-order valence-electron chi connectivity index (χ3n) is 2.51. The maximum Gasteiger partial charge on any atom is 0.157 e. The molecule has 15 heavy (non-hydrogen) atoms. The van der Waals surface area contributed by atoms with E-state index in [1.807, 2.05) is 11.8 Å². The Morgan fingerprint density at radius 1 is 1.60 bits per heavy atom. The lowest BCUT2D eigenvalue weighted by Gasteiger charge is -2.26. The largest absolute Gasteiger partial charge is 0.383 e. The molecule has 0 spiro atoms. The van der Waals surface area contributed by atoms with Crippen molar-refractivity contribution in [3.63, 3.8) is 0 Å². The molecule has 0 aromatic rings. The van der Waals surface area contributed by atoms with Crippen LogP contribution in [0.25, 0.3) is 0 Å². The molecule has 1 aliphatic rings. The summed E-state index contributed by atoms with van der Waals surface area (Å²) in [6.45, 7) is 7.35. The van der Waals surface area contributed by atoms with Gasteiger partial charge in [-0.2, -0.15) is 0 Å². The van der Waals surface area contributed by atoms with Gasteiger partial charge in [0, 0.05) is 12.4 Å². The second-order valence-corrected chi connectivity index (χ2v) is 5.58. The number of nitrogens with zero attached hydrogens (tertiary/aromatic N) is 1. The highest BCUT2D eigenvalue weighted by molar-refractivity contribution is 8.14. The van der Waals surface area contributed by atoms with Gasteiger partial charge in [-0.3, -0.25) is 4.99 Å². The molecular weight excluding hydrogens is 208 g/mol. The lowest BCUT2D eigenvalue weighted by atomic mass is 10.2. The fraction of sp³-hybridized carbons (Fsp3) is 0.909. The zero-order chi connectivity index (χ0) is 11.3. The van der Waals surface area contributed by atoms with Gasteiger partial charge in [-0.05, 0) is 19.8 Å². The maximum absolute atomic E-state index is 5.16. The van der Waals surface area contributed by atoms with Gasteiger partial charge in [0.1, 0.15) is 0 Å². The van der Waals surface area contributed by atoms with Crippen LogP contribution in [0.4, 0.5) is 0 Å². The summed E-state index contributed by atoms with van der Waals surface area (Å²) in [7, 11) is 1.74. The predicted molar refractivity (Wildman–Crippen MR) is 67.7 cm³/mol. The van der Waals surface area contributed by atoms with Crippen molar-refractivity contribution < 1.29 is 4.74 Å². The van der Waals surface area contributed by atoms with E-state index in [1.54, 1.807) is 7.11 Å². The number of hydrogen-bond acceptors (Lipinski definition) is 4. The molecule has 1 N–H and O–H groups in total. The quantitative estimate of drug-likeness (QED) is 0.804. The fourth-order valence-electron chi connectivity index (χ4n) is 1.71. The zero-order valence-corrected chi connectivity index (χ0v) is 10.9. The van der Waals surface area contributed by atoms with Crippen LogP contribution in [0.1, 0.15) is 33.6 Å². The Balaban J connectivity index is 2.48. The predicted octanol–water partition coefficient (Wildman–Crippen LogP) is 2.27. The van der Waals surface area contributed by atoms with Gasteiger partial charge in [-0.15, -0.1) is 0 Å². The molecular formula is C11H22N2OS. The summed E-state index contributed by atoms with van der Waals surface area (Å²) >= 11 is 1.84. The van der Waals surface area contributed by atoms with E-state index in [0.29, 0.717) is 17.3 Å². The van der Waals surface area contributed by atoms with Crippen molar-refractivity contribution >= 4 is 16.9 Å². The topological polar surface area (TPSA) is 33.6 Å². The van der Waals surface area contributed by atoms with E-state index in [4.69, 9.17) is 4.74 Å². The van der Waals surface area contributed by atoms with Crippen LogP contribution >= 0.6 is 11.8 Å². The molecule has 3 unspecified atom stereocenters. The monoisotopic (exact) mass is 230 g/mol. The van der Waals surface area contributed by atoms with E-state index >= 15 is 0 Å². The maximum atomic E-state index is 5.16. The van der Waals surface area contributed by atoms with Crippen molar-refractivity contribution in [2.24, 2.45) is 4.99 Å². The molecule has 0 aromatic heterocycles. The summed E-state index contributed by atoms with van der Waals surface area (Å²) in [5, 5.41) is 5.21. The highest BCUT2D eigenvalue weighted by Crippen LogP contribution is 2.24. The Morgan fingerprint density at radius 3 is 2.87 bits per heavy atom. The van der Waals surface area contributed by atoms with E-state index in [0.717, 1.165) is 18.2 Å². The van der Waals surface area contributed by atoms with Crippen molar-refractivity contribution in [3.05, 3.63) is 0 Å². The van der Waals surface area contributed by atoms with Gasteiger partial charge >= 0.3 is 0 Å². The molecule has 0 radical (unpaired) electrons. The minimum absolute atomic E-state index is 0.388. The Bertz CT molecular complexity index is 221. The Hall–Kier alpha value is -0.220. The summed E-state index contributed by atoms with van der Waals surface area (Å²) in [6, 6.07) is 0.836. The molecule has 88 valence electrons. The van der Waals surface area contributed by atoms with E-state index in [9.17, 15) is 0 Å². The number of nitrogens with one attached hydrogen (secondary N) is 1. The number of ether oxygens (including phenoxy) is 1. The number of aliphatic imine (C=N–C) groups is 1. The molecule has 3 atom stereocenters. The third-order valence-corrected chi connectivity index (χ3v) is 3.55. The van der Waals surface area contributed by atoms with Gasteiger partial charge in [0.2, 0.25) is 0 Å². The molecule has 0 amide bonds. The zero-order valence-electron chi connectivity index (χ0n) is 10.1. The average molecular weight is 230 g/mol. The first-order valence-electron chi connectivity index (χ1n) is 5.65. The highest BCUT2D eigenvalue weighted by atomic mass is 32.2. The molecule has 1 aliphatic heterocycles. The van der Waals surface area contributed by atoms with Crippen molar-refractivity contribution in [3.8, 4) is 0 Å². The molecule has 0 saturated carbocycles. The van der Waals surface area contributed by atoms with Crippen molar-refractivity contribution in [2.75, 3.05) is 13.7 Å². The summed E-state index contributed by atoms with van der Waals surface area (Å²) in [5.74, 6) is 0. The first kappa shape index (κ1) is 12.8. The van der Waals surface area contributed by atoms with Crippen molar-refractivity contribution in [1.29, 1.82) is 0 Å². The first-order valence-corrected chi connectivity index (χ1v) is 6.53. The molecule has 3 nitrogen and oxygen atoms in total. The minimum Gasteiger partial charge on any atom is -0.383 e. The van der Waals surface area contributed by atoms with Crippen LogP contribution in [-0.4, -0.2) is 36.2 Å². The Kier molecular flexibility index (Phi) is 5.47. The van der Waals surface area contributed by atoms with Crippen LogP contribution in [0, 0.1) is 0 Å². The fourth-order valence-corrected chi connectivity index (χ4v) is 2.94. The molecule has 4 heteroatoms. The molecule has 0 saturated heterocycles. The van der Waals surface area contributed by atoms with Crippen molar-refractivity contribution in [2.45, 2.75) is 50.9 Å². The summed E-state index contributed by atoms with van der Waals surface area (Å²) in [6.07, 6.45) is 2.24. The molecule has 1 rings (SSSR count). The van der Waals surface area contributed by atoms with Crippen LogP contribution in [0.3, 0.4) is 0 Å². The van der Waals surface area contributed by atoms with Gasteiger partial charge in [0.15, 0.2) is 5.17 Å². The van der Waals surface area contributed by atoms with Gasteiger partial charge < -0.3 is 10.1 Å². The smallest absolute Gasteiger partial charge is 0.157 e. The summed E-state index contributed by atoms with van der Waals surface area (Å²) in [5.41, 5.74) is 0. The molecule has 0 aliphatic carbocycles. The average Bonchev–Trinajstić information content (AvgIpc) is 2.15. The number of methoxy groups -OCH3 is 1. The summed E-state index contributed by atoms with van der Waals surface area (Å²) in [4.78, 5) is 4.62. The van der Waals surface area contributed by atoms with Crippen molar-refractivity contribution in [1.82, 2.24) is 5.32 Å². The minimum atomic E-state index is 0.388. The number of hydrogen-bond donors (Lipinski definition) is 1. The van der Waals surface area contributed by atoms with Gasteiger partial charge in [0.05, 0.1) is 18.7 Å². The lowest BCUT2D eigenvalue weighted by Crippen LogP contribution is -2.38. The van der Waals surface area contributed by atoms with Crippen LogP contribution in [0.5, 0.6) is 0 Å². The van der Waals surface area contributed by atoms with Gasteiger partial charge in [-0.1, -0.05) is 25.6 Å². The normalized spacial score (nSPS) is 28.4. The second kappa shape index (κ2) is 6.38.